The second-order valence-corrected chi connectivity index (χ2v) is 4.07. The van der Waals surface area contributed by atoms with Crippen LogP contribution in [0.3, 0.4) is 0 Å². The van der Waals surface area contributed by atoms with Crippen LogP contribution in [0.1, 0.15) is 17.3 Å². The number of hydrogen-bond donors (Lipinski definition) is 0. The minimum Gasteiger partial charge on any atom is -0.294 e. The van der Waals surface area contributed by atoms with Gasteiger partial charge in [0, 0.05) is 10.9 Å². The van der Waals surface area contributed by atoms with Crippen LogP contribution in [0.25, 0.3) is 0 Å². The first-order valence-electron chi connectivity index (χ1n) is 2.56. The van der Waals surface area contributed by atoms with Crippen LogP contribution in [0, 0.1) is 0 Å². The van der Waals surface area contributed by atoms with Crippen molar-refractivity contribution in [3.05, 3.63) is 19.8 Å². The molecule has 0 amide bonds. The van der Waals surface area contributed by atoms with E-state index in [0.29, 0.717) is 14.4 Å². The number of halogens is 2. The molecule has 0 atom stereocenters. The number of Topliss-reactive ketones (excluding diaryl/α,β-unsaturated/α-hetero) is 1. The number of carbonyl (C=O) groups excluding carboxylic acids is 1. The lowest BCUT2D eigenvalue weighted by atomic mass is 10.2. The molecule has 4 heteroatoms. The third-order valence-corrected chi connectivity index (χ3v) is 3.60. The molecule has 1 aromatic heterocycles. The Bertz CT molecular complexity index is 269. The summed E-state index contributed by atoms with van der Waals surface area (Å²) in [5.41, 5.74) is 0.662. The molecule has 0 aromatic carbocycles. The molecule has 0 aliphatic rings. The highest BCUT2D eigenvalue weighted by Crippen LogP contribution is 2.32. The van der Waals surface area contributed by atoms with Crippen molar-refractivity contribution < 1.29 is 4.79 Å². The second-order valence-electron chi connectivity index (χ2n) is 1.79. The van der Waals surface area contributed by atoms with Gasteiger partial charge in [-0.05, 0) is 22.9 Å². The molecule has 0 saturated carbocycles. The summed E-state index contributed by atoms with van der Waals surface area (Å²) >= 11 is 10.3. The van der Waals surface area contributed by atoms with Crippen molar-refractivity contribution in [2.24, 2.45) is 0 Å². The quantitative estimate of drug-likeness (QED) is 0.687. The topological polar surface area (TPSA) is 17.1 Å². The molecular weight excluding hydrogens is 235 g/mol. The molecule has 0 radical (unpaired) electrons. The minimum atomic E-state index is 0.0371. The van der Waals surface area contributed by atoms with E-state index in [9.17, 15) is 4.79 Å². The monoisotopic (exact) mass is 238 g/mol. The fraction of sp³-hybridized carbons (Fsp3) is 0.167. The van der Waals surface area contributed by atoms with Gasteiger partial charge in [0.2, 0.25) is 0 Å². The van der Waals surface area contributed by atoms with Crippen molar-refractivity contribution in [2.45, 2.75) is 6.92 Å². The summed E-state index contributed by atoms with van der Waals surface area (Å²) in [6.07, 6.45) is 0. The molecule has 0 spiro atoms. The highest BCUT2D eigenvalue weighted by atomic mass is 79.9. The molecule has 0 saturated heterocycles. The zero-order chi connectivity index (χ0) is 7.72. The number of thiophene rings is 1. The minimum absolute atomic E-state index is 0.0371. The normalized spacial score (nSPS) is 9.90. The summed E-state index contributed by atoms with van der Waals surface area (Å²) < 4.78 is 1.34. The van der Waals surface area contributed by atoms with Crippen molar-refractivity contribution in [2.75, 3.05) is 0 Å². The van der Waals surface area contributed by atoms with Crippen LogP contribution in [0.2, 0.25) is 4.34 Å². The van der Waals surface area contributed by atoms with E-state index < -0.39 is 0 Å². The van der Waals surface area contributed by atoms with Gasteiger partial charge in [0.1, 0.15) is 4.34 Å². The van der Waals surface area contributed by atoms with E-state index in [-0.39, 0.29) is 5.78 Å². The van der Waals surface area contributed by atoms with Crippen molar-refractivity contribution in [1.82, 2.24) is 0 Å². The maximum atomic E-state index is 10.8. The fourth-order valence-electron chi connectivity index (χ4n) is 0.558. The van der Waals surface area contributed by atoms with E-state index in [0.717, 1.165) is 0 Å². The molecule has 0 aliphatic carbocycles. The highest BCUT2D eigenvalue weighted by Gasteiger charge is 2.09. The van der Waals surface area contributed by atoms with E-state index >= 15 is 0 Å². The number of ketones is 1. The van der Waals surface area contributed by atoms with Crippen LogP contribution in [0.5, 0.6) is 0 Å². The van der Waals surface area contributed by atoms with E-state index in [1.807, 2.05) is 0 Å². The van der Waals surface area contributed by atoms with E-state index in [4.69, 9.17) is 11.6 Å². The summed E-state index contributed by atoms with van der Waals surface area (Å²) in [5.74, 6) is 0.0371. The van der Waals surface area contributed by atoms with Crippen LogP contribution in [0.15, 0.2) is 9.85 Å². The molecule has 1 rings (SSSR count). The lowest BCUT2D eigenvalue weighted by molar-refractivity contribution is 0.101. The smallest absolute Gasteiger partial charge is 0.161 e. The predicted octanol–water partition coefficient (Wildman–Crippen LogP) is 3.37. The maximum absolute atomic E-state index is 10.8. The van der Waals surface area contributed by atoms with Gasteiger partial charge in [0.15, 0.2) is 5.78 Å². The Balaban J connectivity index is 3.17. The van der Waals surface area contributed by atoms with Gasteiger partial charge in [-0.2, -0.15) is 0 Å². The van der Waals surface area contributed by atoms with Crippen molar-refractivity contribution >= 4 is 44.7 Å². The third kappa shape index (κ3) is 1.41. The summed E-state index contributed by atoms with van der Waals surface area (Å²) in [6, 6.07) is 0. The van der Waals surface area contributed by atoms with E-state index in [2.05, 4.69) is 15.9 Å². The number of rotatable bonds is 1. The fourth-order valence-corrected chi connectivity index (χ4v) is 2.34. The summed E-state index contributed by atoms with van der Waals surface area (Å²) in [6.45, 7) is 1.52. The van der Waals surface area contributed by atoms with Gasteiger partial charge in [-0.3, -0.25) is 4.79 Å². The average molecular weight is 240 g/mol. The standard InChI is InChI=1S/C6H4BrClOS/c1-3(9)4-2-10-6(8)5(4)7/h2H,1H3. The Kier molecular flexibility index (Phi) is 2.50. The van der Waals surface area contributed by atoms with E-state index in [1.165, 1.54) is 18.3 Å². The van der Waals surface area contributed by atoms with Crippen molar-refractivity contribution in [1.29, 1.82) is 0 Å². The molecule has 0 fully saturated rings. The first-order chi connectivity index (χ1) is 4.63. The number of carbonyl (C=O) groups is 1. The molecule has 1 aromatic rings. The molecule has 0 bridgehead atoms. The van der Waals surface area contributed by atoms with Gasteiger partial charge in [-0.15, -0.1) is 11.3 Å². The molecule has 54 valence electrons. The van der Waals surface area contributed by atoms with Crippen LogP contribution in [-0.4, -0.2) is 5.78 Å². The first-order valence-corrected chi connectivity index (χ1v) is 4.61. The molecular formula is C6H4BrClOS. The van der Waals surface area contributed by atoms with Crippen molar-refractivity contribution in [3.63, 3.8) is 0 Å². The SMILES string of the molecule is CC(=O)c1csc(Cl)c1Br. The largest absolute Gasteiger partial charge is 0.294 e. The van der Waals surface area contributed by atoms with Gasteiger partial charge in [0.05, 0.1) is 4.47 Å². The van der Waals surface area contributed by atoms with Gasteiger partial charge in [0.25, 0.3) is 0 Å². The predicted molar refractivity (Wildman–Crippen MR) is 47.0 cm³/mol. The molecule has 1 nitrogen and oxygen atoms in total. The Labute approximate surface area is 76.1 Å². The van der Waals surface area contributed by atoms with E-state index in [1.54, 1.807) is 5.38 Å². The molecule has 0 unspecified atom stereocenters. The second kappa shape index (κ2) is 3.03. The third-order valence-electron chi connectivity index (χ3n) is 1.07. The molecule has 0 aliphatic heterocycles. The number of hydrogen-bond acceptors (Lipinski definition) is 2. The summed E-state index contributed by atoms with van der Waals surface area (Å²) in [4.78, 5) is 10.8. The average Bonchev–Trinajstić information content (AvgIpc) is 2.14. The van der Waals surface area contributed by atoms with Crippen LogP contribution >= 0.6 is 38.9 Å². The lowest BCUT2D eigenvalue weighted by Crippen LogP contribution is -1.87. The summed E-state index contributed by atoms with van der Waals surface area (Å²) in [5, 5.41) is 1.74. The Morgan fingerprint density at radius 2 is 2.40 bits per heavy atom. The van der Waals surface area contributed by atoms with Crippen LogP contribution < -0.4 is 0 Å². The lowest BCUT2D eigenvalue weighted by Gasteiger charge is -1.88. The Morgan fingerprint density at radius 3 is 2.60 bits per heavy atom. The molecule has 1 heterocycles. The molecule has 10 heavy (non-hydrogen) atoms. The zero-order valence-electron chi connectivity index (χ0n) is 5.15. The molecule has 0 N–H and O–H groups in total. The maximum Gasteiger partial charge on any atom is 0.161 e. The van der Waals surface area contributed by atoms with Crippen LogP contribution in [-0.2, 0) is 0 Å². The zero-order valence-corrected chi connectivity index (χ0v) is 8.31. The highest BCUT2D eigenvalue weighted by molar-refractivity contribution is 9.10. The first kappa shape index (κ1) is 8.24. The van der Waals surface area contributed by atoms with Gasteiger partial charge in [-0.25, -0.2) is 0 Å². The van der Waals surface area contributed by atoms with Crippen LogP contribution in [0.4, 0.5) is 0 Å². The van der Waals surface area contributed by atoms with Crippen molar-refractivity contribution in [3.8, 4) is 0 Å². The Hall–Kier alpha value is 0.140. The summed E-state index contributed by atoms with van der Waals surface area (Å²) in [7, 11) is 0. The van der Waals surface area contributed by atoms with Gasteiger partial charge >= 0.3 is 0 Å². The van der Waals surface area contributed by atoms with Gasteiger partial charge < -0.3 is 0 Å². The van der Waals surface area contributed by atoms with Gasteiger partial charge in [-0.1, -0.05) is 11.6 Å². The Morgan fingerprint density at radius 1 is 1.80 bits per heavy atom.